The summed E-state index contributed by atoms with van der Waals surface area (Å²) in [7, 11) is 1.59. The van der Waals surface area contributed by atoms with Gasteiger partial charge < -0.3 is 20.3 Å². The number of benzene rings is 2. The predicted molar refractivity (Wildman–Crippen MR) is 118 cm³/mol. The van der Waals surface area contributed by atoms with E-state index in [4.69, 9.17) is 9.72 Å². The number of hydrogen-bond donors (Lipinski definition) is 2. The SMILES string of the molecule is COc1ccc(NC(=O)NCCC(=O)N2CCC[C@@H]2c2nc3ccccc3s2)cc1. The van der Waals surface area contributed by atoms with Gasteiger partial charge in [-0.2, -0.15) is 0 Å². The van der Waals surface area contributed by atoms with E-state index in [0.29, 0.717) is 5.69 Å². The number of urea groups is 1. The van der Waals surface area contributed by atoms with E-state index in [1.165, 1.54) is 0 Å². The summed E-state index contributed by atoms with van der Waals surface area (Å²) in [5, 5.41) is 6.49. The highest BCUT2D eigenvalue weighted by atomic mass is 32.1. The van der Waals surface area contributed by atoms with Gasteiger partial charge in [0.25, 0.3) is 0 Å². The predicted octanol–water partition coefficient (Wildman–Crippen LogP) is 4.18. The van der Waals surface area contributed by atoms with Gasteiger partial charge in [0.15, 0.2) is 0 Å². The number of methoxy groups -OCH3 is 1. The van der Waals surface area contributed by atoms with Gasteiger partial charge in [-0.15, -0.1) is 11.3 Å². The molecule has 1 aromatic heterocycles. The maximum absolute atomic E-state index is 12.8. The third-order valence-corrected chi connectivity index (χ3v) is 6.28. The van der Waals surface area contributed by atoms with Crippen LogP contribution in [-0.4, -0.2) is 42.0 Å². The molecule has 1 fully saturated rings. The average molecular weight is 425 g/mol. The highest BCUT2D eigenvalue weighted by molar-refractivity contribution is 7.18. The second kappa shape index (κ2) is 9.13. The Morgan fingerprint density at radius 3 is 2.77 bits per heavy atom. The summed E-state index contributed by atoms with van der Waals surface area (Å²) >= 11 is 1.65. The lowest BCUT2D eigenvalue weighted by Gasteiger charge is -2.23. The topological polar surface area (TPSA) is 83.6 Å². The quantitative estimate of drug-likeness (QED) is 0.622. The Bertz CT molecular complexity index is 1000. The second-order valence-electron chi connectivity index (χ2n) is 7.12. The lowest BCUT2D eigenvalue weighted by Crippen LogP contribution is -2.35. The Morgan fingerprint density at radius 1 is 1.20 bits per heavy atom. The molecule has 0 saturated carbocycles. The molecule has 1 atom stereocenters. The van der Waals surface area contributed by atoms with Crippen LogP contribution in [0.3, 0.4) is 0 Å². The molecule has 2 heterocycles. The molecule has 1 saturated heterocycles. The number of anilines is 1. The monoisotopic (exact) mass is 424 g/mol. The van der Waals surface area contributed by atoms with Crippen LogP contribution in [0.15, 0.2) is 48.5 Å². The number of hydrogen-bond acceptors (Lipinski definition) is 5. The first-order valence-electron chi connectivity index (χ1n) is 9.98. The van der Waals surface area contributed by atoms with E-state index in [0.717, 1.165) is 40.4 Å². The van der Waals surface area contributed by atoms with Crippen LogP contribution in [0.2, 0.25) is 0 Å². The van der Waals surface area contributed by atoms with Gasteiger partial charge in [0.2, 0.25) is 5.91 Å². The number of fused-ring (bicyclic) bond motifs is 1. The van der Waals surface area contributed by atoms with Crippen molar-refractivity contribution in [3.8, 4) is 5.75 Å². The molecule has 7 nitrogen and oxygen atoms in total. The third-order valence-electron chi connectivity index (χ3n) is 5.14. The number of rotatable bonds is 6. The van der Waals surface area contributed by atoms with Crippen LogP contribution in [0, 0.1) is 0 Å². The van der Waals surface area contributed by atoms with Crippen molar-refractivity contribution < 1.29 is 14.3 Å². The summed E-state index contributed by atoms with van der Waals surface area (Å²) in [5.74, 6) is 0.765. The molecule has 3 aromatic rings. The van der Waals surface area contributed by atoms with Crippen LogP contribution in [0.5, 0.6) is 5.75 Å². The first-order valence-corrected chi connectivity index (χ1v) is 10.8. The fourth-order valence-corrected chi connectivity index (χ4v) is 4.75. The first kappa shape index (κ1) is 20.2. The number of thiazole rings is 1. The van der Waals surface area contributed by atoms with Crippen molar-refractivity contribution in [3.05, 3.63) is 53.5 Å². The van der Waals surface area contributed by atoms with Gasteiger partial charge in [0.05, 0.1) is 23.4 Å². The number of nitrogens with one attached hydrogen (secondary N) is 2. The summed E-state index contributed by atoms with van der Waals surface area (Å²) in [5.41, 5.74) is 1.64. The number of carbonyl (C=O) groups is 2. The molecule has 8 heteroatoms. The molecule has 0 unspecified atom stereocenters. The minimum absolute atomic E-state index is 0.0306. The van der Waals surface area contributed by atoms with E-state index in [1.807, 2.05) is 23.1 Å². The van der Waals surface area contributed by atoms with Crippen LogP contribution < -0.4 is 15.4 Å². The molecule has 3 amide bonds. The van der Waals surface area contributed by atoms with Gasteiger partial charge in [0.1, 0.15) is 10.8 Å². The van der Waals surface area contributed by atoms with Crippen molar-refractivity contribution in [2.24, 2.45) is 0 Å². The normalized spacial score (nSPS) is 15.9. The van der Waals surface area contributed by atoms with Gasteiger partial charge in [-0.05, 0) is 49.2 Å². The number of amides is 3. The average Bonchev–Trinajstić information content (AvgIpc) is 3.41. The molecule has 0 spiro atoms. The number of nitrogens with zero attached hydrogens (tertiary/aromatic N) is 2. The van der Waals surface area contributed by atoms with E-state index < -0.39 is 0 Å². The van der Waals surface area contributed by atoms with Crippen LogP contribution in [-0.2, 0) is 4.79 Å². The van der Waals surface area contributed by atoms with E-state index in [-0.39, 0.29) is 30.9 Å². The molecule has 2 aromatic carbocycles. The largest absolute Gasteiger partial charge is 0.497 e. The fourth-order valence-electron chi connectivity index (χ4n) is 3.63. The second-order valence-corrected chi connectivity index (χ2v) is 8.19. The van der Waals surface area contributed by atoms with E-state index >= 15 is 0 Å². The van der Waals surface area contributed by atoms with Crippen LogP contribution in [0.25, 0.3) is 10.2 Å². The number of likely N-dealkylation sites (tertiary alicyclic amines) is 1. The molecule has 0 bridgehead atoms. The third kappa shape index (κ3) is 4.54. The van der Waals surface area contributed by atoms with Crippen molar-refractivity contribution in [3.63, 3.8) is 0 Å². The molecule has 4 rings (SSSR count). The van der Waals surface area contributed by atoms with Gasteiger partial charge in [-0.25, -0.2) is 9.78 Å². The molecule has 1 aliphatic rings. The summed E-state index contributed by atoms with van der Waals surface area (Å²) in [4.78, 5) is 31.5. The minimum Gasteiger partial charge on any atom is -0.497 e. The van der Waals surface area contributed by atoms with Gasteiger partial charge in [0, 0.05) is 25.2 Å². The van der Waals surface area contributed by atoms with E-state index in [2.05, 4.69) is 16.7 Å². The number of para-hydroxylation sites is 1. The minimum atomic E-state index is -0.336. The fraction of sp³-hybridized carbons (Fsp3) is 0.318. The molecule has 0 radical (unpaired) electrons. The van der Waals surface area contributed by atoms with Crippen LogP contribution in [0.1, 0.15) is 30.3 Å². The maximum Gasteiger partial charge on any atom is 0.319 e. The molecule has 156 valence electrons. The summed E-state index contributed by atoms with van der Waals surface area (Å²) in [6.07, 6.45) is 2.16. The number of carbonyl (C=O) groups excluding carboxylic acids is 2. The lowest BCUT2D eigenvalue weighted by molar-refractivity contribution is -0.132. The van der Waals surface area contributed by atoms with E-state index in [1.54, 1.807) is 42.7 Å². The standard InChI is InChI=1S/C22H24N4O3S/c1-29-16-10-8-15(9-11-16)24-22(28)23-13-12-20(27)26-14-4-6-18(26)21-25-17-5-2-3-7-19(17)30-21/h2-3,5,7-11,18H,4,6,12-14H2,1H3,(H2,23,24,28)/t18-/m1/s1. The van der Waals surface area contributed by atoms with Gasteiger partial charge in [-0.3, -0.25) is 4.79 Å². The zero-order chi connectivity index (χ0) is 20.9. The Balaban J connectivity index is 1.29. The van der Waals surface area contributed by atoms with Crippen molar-refractivity contribution in [2.75, 3.05) is 25.5 Å². The zero-order valence-electron chi connectivity index (χ0n) is 16.8. The zero-order valence-corrected chi connectivity index (χ0v) is 17.6. The molecule has 0 aliphatic carbocycles. The first-order chi connectivity index (χ1) is 14.6. The smallest absolute Gasteiger partial charge is 0.319 e. The Morgan fingerprint density at radius 2 is 2.00 bits per heavy atom. The van der Waals surface area contributed by atoms with Crippen molar-refractivity contribution in [2.45, 2.75) is 25.3 Å². The van der Waals surface area contributed by atoms with Crippen molar-refractivity contribution in [1.82, 2.24) is 15.2 Å². The summed E-state index contributed by atoms with van der Waals surface area (Å²) in [6.45, 7) is 1.02. The molecular weight excluding hydrogens is 400 g/mol. The molecule has 1 aliphatic heterocycles. The highest BCUT2D eigenvalue weighted by Crippen LogP contribution is 2.36. The molecule has 30 heavy (non-hydrogen) atoms. The van der Waals surface area contributed by atoms with Crippen molar-refractivity contribution >= 4 is 39.2 Å². The molecule has 2 N–H and O–H groups in total. The lowest BCUT2D eigenvalue weighted by atomic mass is 10.2. The molecular formula is C22H24N4O3S. The Labute approximate surface area is 179 Å². The maximum atomic E-state index is 12.8. The van der Waals surface area contributed by atoms with Gasteiger partial charge in [-0.1, -0.05) is 12.1 Å². The highest BCUT2D eigenvalue weighted by Gasteiger charge is 2.31. The summed E-state index contributed by atoms with van der Waals surface area (Å²) in [6, 6.07) is 14.8. The van der Waals surface area contributed by atoms with E-state index in [9.17, 15) is 9.59 Å². The van der Waals surface area contributed by atoms with Gasteiger partial charge >= 0.3 is 6.03 Å². The number of aromatic nitrogens is 1. The Kier molecular flexibility index (Phi) is 6.13. The van der Waals surface area contributed by atoms with Crippen molar-refractivity contribution in [1.29, 1.82) is 0 Å². The van der Waals surface area contributed by atoms with Crippen LogP contribution in [0.4, 0.5) is 10.5 Å². The van der Waals surface area contributed by atoms with Crippen LogP contribution >= 0.6 is 11.3 Å². The summed E-state index contributed by atoms with van der Waals surface area (Å²) < 4.78 is 6.24. The Hall–Kier alpha value is -3.13. The number of ether oxygens (including phenoxy) is 1.